The molecule has 16 nitrogen and oxygen atoms in total. The first-order valence-corrected chi connectivity index (χ1v) is 53.4. The molecule has 0 spiro atoms. The van der Waals surface area contributed by atoms with Crippen LogP contribution in [0.15, 0.2) is 170 Å². The third-order valence-corrected chi connectivity index (χ3v) is 23.3. The van der Waals surface area contributed by atoms with Crippen molar-refractivity contribution in [2.24, 2.45) is 0 Å². The van der Waals surface area contributed by atoms with E-state index in [2.05, 4.69) is 191 Å². The van der Waals surface area contributed by atoms with Gasteiger partial charge in [0.25, 0.3) is 0 Å². The SMILES string of the molecule is CC/C=C\C/C=C\C/C=C\C/C=C\C/C=C\C/C=C\CCCCCCCCCCCCCCCCC(=O)OCC(O)COP(=O)(O)OCC(O)COP(=O)(O)OCC(COC(=O)CCCCCCCCCCCCCCC/C=C\C/C=C\C/C=C\C/C=C\CCCCC)OC(=O)CCCCCCCCCCCCC/C=C\C/C=C\C/C=C\C/C=C\CCCCC. The number of unbranched alkanes of at least 4 members (excludes halogenated alkanes) is 44. The van der Waals surface area contributed by atoms with Crippen LogP contribution in [-0.2, 0) is 55.8 Å². The van der Waals surface area contributed by atoms with Crippen LogP contribution in [0, 0.1) is 0 Å². The molecule has 0 saturated carbocycles. The second-order valence-corrected chi connectivity index (χ2v) is 36.5. The minimum atomic E-state index is -4.95. The maximum Gasteiger partial charge on any atom is 0.472 e. The number of hydrogen-bond acceptors (Lipinski definition) is 14. The van der Waals surface area contributed by atoms with Crippen molar-refractivity contribution in [2.45, 2.75) is 450 Å². The highest BCUT2D eigenvalue weighted by Crippen LogP contribution is 2.45. The molecule has 0 radical (unpaired) electrons. The summed E-state index contributed by atoms with van der Waals surface area (Å²) in [7, 11) is -9.82. The maximum absolute atomic E-state index is 13.1. The van der Waals surface area contributed by atoms with Crippen molar-refractivity contribution in [3.05, 3.63) is 170 Å². The number of phosphoric acid groups is 2. The largest absolute Gasteiger partial charge is 0.472 e. The first kappa shape index (κ1) is 120. The van der Waals surface area contributed by atoms with Crippen molar-refractivity contribution in [2.75, 3.05) is 39.6 Å². The van der Waals surface area contributed by atoms with Gasteiger partial charge in [0.05, 0.1) is 26.4 Å². The molecule has 0 fully saturated rings. The number of allylic oxidation sites excluding steroid dienone is 28. The lowest BCUT2D eigenvalue weighted by molar-refractivity contribution is -0.161. The molecular weight excluding hydrogens is 1600 g/mol. The first-order valence-electron chi connectivity index (χ1n) is 50.4. The Hall–Kier alpha value is -5.09. The van der Waals surface area contributed by atoms with Crippen LogP contribution in [0.2, 0.25) is 0 Å². The Bertz CT molecular complexity index is 2950. The predicted molar refractivity (Wildman–Crippen MR) is 528 cm³/mol. The Morgan fingerprint density at radius 3 is 0.672 bits per heavy atom. The fraction of sp³-hybridized carbons (Fsp3) is 0.710. The summed E-state index contributed by atoms with van der Waals surface area (Å²) in [5.74, 6) is -1.57. The summed E-state index contributed by atoms with van der Waals surface area (Å²) in [6.45, 7) is 2.58. The highest BCUT2D eigenvalue weighted by molar-refractivity contribution is 7.47. The molecule has 0 rings (SSSR count). The Balaban J connectivity index is 4.62. The molecule has 0 aliphatic heterocycles. The second kappa shape index (κ2) is 98.0. The lowest BCUT2D eigenvalue weighted by Crippen LogP contribution is -2.30. The van der Waals surface area contributed by atoms with Crippen LogP contribution in [-0.4, -0.2) is 95.9 Å². The third-order valence-electron chi connectivity index (χ3n) is 21.4. The van der Waals surface area contributed by atoms with E-state index in [9.17, 15) is 43.5 Å². The van der Waals surface area contributed by atoms with Gasteiger partial charge in [0.1, 0.15) is 25.4 Å². The first-order chi connectivity index (χ1) is 61.2. The Morgan fingerprint density at radius 2 is 0.424 bits per heavy atom. The summed E-state index contributed by atoms with van der Waals surface area (Å²) in [4.78, 5) is 59.2. The van der Waals surface area contributed by atoms with Gasteiger partial charge in [-0.05, 0) is 161 Å². The van der Waals surface area contributed by atoms with Crippen LogP contribution in [0.25, 0.3) is 0 Å². The van der Waals surface area contributed by atoms with Gasteiger partial charge in [-0.15, -0.1) is 0 Å². The number of carbonyl (C=O) groups is 3. The van der Waals surface area contributed by atoms with E-state index >= 15 is 0 Å². The summed E-state index contributed by atoms with van der Waals surface area (Å²) < 4.78 is 61.7. The van der Waals surface area contributed by atoms with Crippen LogP contribution in [0.4, 0.5) is 0 Å². The lowest BCUT2D eigenvalue weighted by atomic mass is 10.0. The molecule has 4 N–H and O–H groups in total. The highest BCUT2D eigenvalue weighted by atomic mass is 31.2. The summed E-state index contributed by atoms with van der Waals surface area (Å²) in [6, 6.07) is 0. The smallest absolute Gasteiger partial charge is 0.463 e. The van der Waals surface area contributed by atoms with Gasteiger partial charge >= 0.3 is 33.6 Å². The average molecular weight is 1790 g/mol. The van der Waals surface area contributed by atoms with Gasteiger partial charge in [0.15, 0.2) is 6.10 Å². The molecule has 18 heteroatoms. The zero-order chi connectivity index (χ0) is 90.7. The number of hydrogen-bond donors (Lipinski definition) is 4. The van der Waals surface area contributed by atoms with Crippen LogP contribution in [0.5, 0.6) is 0 Å². The molecule has 5 unspecified atom stereocenters. The lowest BCUT2D eigenvalue weighted by Gasteiger charge is -2.21. The van der Waals surface area contributed by atoms with Crippen molar-refractivity contribution in [3.63, 3.8) is 0 Å². The zero-order valence-electron chi connectivity index (χ0n) is 79.5. The van der Waals surface area contributed by atoms with Crippen molar-refractivity contribution >= 4 is 33.6 Å². The van der Waals surface area contributed by atoms with Crippen molar-refractivity contribution < 1.29 is 75.8 Å². The minimum Gasteiger partial charge on any atom is -0.463 e. The number of rotatable bonds is 95. The molecule has 0 aromatic rings. The molecule has 718 valence electrons. The van der Waals surface area contributed by atoms with Crippen molar-refractivity contribution in [1.29, 1.82) is 0 Å². The quantitative estimate of drug-likeness (QED) is 0.0146. The molecule has 0 aliphatic rings. The molecule has 0 amide bonds. The molecule has 125 heavy (non-hydrogen) atoms. The fourth-order valence-electron chi connectivity index (χ4n) is 13.8. The van der Waals surface area contributed by atoms with Crippen LogP contribution < -0.4 is 0 Å². The van der Waals surface area contributed by atoms with Crippen molar-refractivity contribution in [3.8, 4) is 0 Å². The van der Waals surface area contributed by atoms with E-state index in [0.29, 0.717) is 19.3 Å². The Kier molecular flexibility index (Phi) is 94.0. The third kappa shape index (κ3) is 99.3. The summed E-state index contributed by atoms with van der Waals surface area (Å²) in [5.41, 5.74) is 0. The number of esters is 3. The van der Waals surface area contributed by atoms with Gasteiger partial charge in [-0.1, -0.05) is 422 Å². The zero-order valence-corrected chi connectivity index (χ0v) is 81.3. The second-order valence-electron chi connectivity index (χ2n) is 33.5. The number of aliphatic hydroxyl groups is 2. The van der Waals surface area contributed by atoms with Gasteiger partial charge in [-0.25, -0.2) is 9.13 Å². The van der Waals surface area contributed by atoms with Gasteiger partial charge in [0.2, 0.25) is 0 Å². The van der Waals surface area contributed by atoms with E-state index in [1.807, 2.05) is 0 Å². The summed E-state index contributed by atoms with van der Waals surface area (Å²) >= 11 is 0. The topological polar surface area (TPSA) is 231 Å². The molecule has 5 atom stereocenters. The van der Waals surface area contributed by atoms with Gasteiger partial charge in [0, 0.05) is 19.3 Å². The van der Waals surface area contributed by atoms with Crippen LogP contribution in [0.3, 0.4) is 0 Å². The van der Waals surface area contributed by atoms with E-state index in [0.717, 1.165) is 167 Å². The predicted octanol–water partition coefficient (Wildman–Crippen LogP) is 31.8. The van der Waals surface area contributed by atoms with E-state index in [1.54, 1.807) is 0 Å². The fourth-order valence-corrected chi connectivity index (χ4v) is 15.4. The number of ether oxygens (including phenoxy) is 3. The number of aliphatic hydroxyl groups excluding tert-OH is 2. The maximum atomic E-state index is 13.1. The Morgan fingerprint density at radius 1 is 0.232 bits per heavy atom. The van der Waals surface area contributed by atoms with Gasteiger partial charge < -0.3 is 34.2 Å². The van der Waals surface area contributed by atoms with Gasteiger partial charge in [-0.3, -0.25) is 32.5 Å². The standard InChI is InChI=1S/C107H184O16P2/c1-4-7-10-13-16-19-22-25-28-31-34-37-40-43-46-48-49-50-51-53-56-57-60-63-66-69-72-75-78-81-84-87-90-93-105(110)117-96-102(108)97-119-124(113,114)120-98-103(109)99-121-125(115,116)122-101-104(123-107(112)95-92-89-86-83-80-77-74-71-68-65-62-59-54-45-42-39-36-33-30-27-24-21-18-15-12-9-6-3)100-118-106(111)94-91-88-85-82-79-76-73-70-67-64-61-58-55-52-47-44-41-38-35-32-29-26-23-20-17-14-11-8-5-2/h7,10,16-21,25-30,34-39,43-47,49-50,54,102-104,108-109H,4-6,8-9,11-15,22-24,31-33,40-42,48,51-53,55-101H2,1-3H3,(H,113,114)(H,115,116)/b10-7-,19-16-,20-17-,21-18-,28-25-,29-26-,30-27-,37-34-,38-35-,39-36-,46-43-,47-44-,50-49-,54-45-. The van der Waals surface area contributed by atoms with Crippen LogP contribution in [0.1, 0.15) is 432 Å². The molecule has 0 heterocycles. The molecular formula is C107H184O16P2. The Labute approximate surface area is 764 Å². The number of phosphoric ester groups is 2. The van der Waals surface area contributed by atoms with Gasteiger partial charge in [-0.2, -0.15) is 0 Å². The average Bonchev–Trinajstić information content (AvgIpc) is 0.902. The molecule has 0 saturated heterocycles. The molecule has 0 aliphatic carbocycles. The van der Waals surface area contributed by atoms with E-state index in [1.165, 1.54) is 205 Å². The molecule has 0 bridgehead atoms. The van der Waals surface area contributed by atoms with Crippen molar-refractivity contribution in [1.82, 2.24) is 0 Å². The number of carbonyl (C=O) groups excluding carboxylic acids is 3. The summed E-state index contributed by atoms with van der Waals surface area (Å²) in [6.07, 6.45) is 128. The van der Waals surface area contributed by atoms with Crippen LogP contribution >= 0.6 is 15.6 Å². The summed E-state index contributed by atoms with van der Waals surface area (Å²) in [5, 5.41) is 20.8. The molecule has 0 aromatic carbocycles. The van der Waals surface area contributed by atoms with E-state index in [-0.39, 0.29) is 19.3 Å². The van der Waals surface area contributed by atoms with E-state index in [4.69, 9.17) is 32.3 Å². The monoisotopic (exact) mass is 1790 g/mol. The highest BCUT2D eigenvalue weighted by Gasteiger charge is 2.30. The normalized spacial score (nSPS) is 14.4. The minimum absolute atomic E-state index is 0.0979. The molecule has 0 aromatic heterocycles. The van der Waals surface area contributed by atoms with E-state index < -0.39 is 91.5 Å².